The quantitative estimate of drug-likeness (QED) is 0.665. The number of para-hydroxylation sites is 1. The van der Waals surface area contributed by atoms with Crippen molar-refractivity contribution >= 4 is 34.6 Å². The zero-order valence-corrected chi connectivity index (χ0v) is 14.9. The second-order valence-corrected chi connectivity index (χ2v) is 6.00. The third kappa shape index (κ3) is 4.00. The Morgan fingerprint density at radius 1 is 1.12 bits per heavy atom. The largest absolute Gasteiger partial charge is 0.340 e. The average molecular weight is 370 g/mol. The highest BCUT2D eigenvalue weighted by Crippen LogP contribution is 2.25. The van der Waals surface area contributed by atoms with Crippen LogP contribution in [0.3, 0.4) is 0 Å². The van der Waals surface area contributed by atoms with Gasteiger partial charge in [-0.3, -0.25) is 9.78 Å². The van der Waals surface area contributed by atoms with Gasteiger partial charge in [0.05, 0.1) is 22.5 Å². The first-order valence-electron chi connectivity index (χ1n) is 8.12. The van der Waals surface area contributed by atoms with Crippen LogP contribution in [0.2, 0.25) is 5.02 Å². The average Bonchev–Trinajstić information content (AvgIpc) is 2.66. The molecule has 0 spiro atoms. The Kier molecular flexibility index (Phi) is 5.49. The fourth-order valence-corrected chi connectivity index (χ4v) is 2.78. The molecule has 0 aliphatic rings. The first kappa shape index (κ1) is 17.9. The number of anilines is 3. The molecule has 3 aromatic rings. The maximum atomic E-state index is 13.2. The molecule has 0 atom stereocenters. The van der Waals surface area contributed by atoms with E-state index in [0.717, 1.165) is 17.9 Å². The zero-order chi connectivity index (χ0) is 18.5. The molecule has 0 aliphatic heterocycles. The Morgan fingerprint density at radius 3 is 2.58 bits per heavy atom. The number of rotatable bonds is 5. The van der Waals surface area contributed by atoms with Gasteiger partial charge in [0.25, 0.3) is 5.91 Å². The SMILES string of the molecule is CCN(c1ccccc1)c1cncc(C(=O)Nc2ccc(F)c(Cl)c2)c1. The van der Waals surface area contributed by atoms with Crippen molar-refractivity contribution in [3.8, 4) is 0 Å². The first-order valence-corrected chi connectivity index (χ1v) is 8.50. The molecule has 6 heteroatoms. The topological polar surface area (TPSA) is 45.2 Å². The number of carbonyl (C=O) groups is 1. The van der Waals surface area contributed by atoms with Gasteiger partial charge in [-0.1, -0.05) is 29.8 Å². The van der Waals surface area contributed by atoms with Crippen LogP contribution in [0.5, 0.6) is 0 Å². The lowest BCUT2D eigenvalue weighted by molar-refractivity contribution is 0.102. The summed E-state index contributed by atoms with van der Waals surface area (Å²) in [6, 6.07) is 15.7. The lowest BCUT2D eigenvalue weighted by Crippen LogP contribution is -2.18. The van der Waals surface area contributed by atoms with Gasteiger partial charge in [-0.25, -0.2) is 4.39 Å². The molecule has 0 bridgehead atoms. The lowest BCUT2D eigenvalue weighted by atomic mass is 10.2. The number of benzene rings is 2. The summed E-state index contributed by atoms with van der Waals surface area (Å²) in [5.74, 6) is -0.874. The second-order valence-electron chi connectivity index (χ2n) is 5.59. The highest BCUT2D eigenvalue weighted by atomic mass is 35.5. The molecular formula is C20H17ClFN3O. The number of hydrogen-bond acceptors (Lipinski definition) is 3. The third-order valence-electron chi connectivity index (χ3n) is 3.86. The highest BCUT2D eigenvalue weighted by Gasteiger charge is 2.12. The number of aromatic nitrogens is 1. The summed E-state index contributed by atoms with van der Waals surface area (Å²) >= 11 is 5.75. The first-order chi connectivity index (χ1) is 12.6. The number of pyridine rings is 1. The van der Waals surface area contributed by atoms with Crippen LogP contribution in [0.1, 0.15) is 17.3 Å². The van der Waals surface area contributed by atoms with E-state index in [-0.39, 0.29) is 10.9 Å². The van der Waals surface area contributed by atoms with Crippen molar-refractivity contribution in [3.63, 3.8) is 0 Å². The maximum absolute atomic E-state index is 13.2. The molecule has 0 saturated carbocycles. The van der Waals surface area contributed by atoms with Crippen molar-refractivity contribution in [1.82, 2.24) is 4.98 Å². The number of nitrogens with zero attached hydrogens (tertiary/aromatic N) is 2. The monoisotopic (exact) mass is 369 g/mol. The number of amides is 1. The van der Waals surface area contributed by atoms with Gasteiger partial charge in [-0.15, -0.1) is 0 Å². The lowest BCUT2D eigenvalue weighted by Gasteiger charge is -2.23. The normalized spacial score (nSPS) is 10.4. The minimum Gasteiger partial charge on any atom is -0.340 e. The van der Waals surface area contributed by atoms with Crippen LogP contribution < -0.4 is 10.2 Å². The molecule has 0 aliphatic carbocycles. The van der Waals surface area contributed by atoms with E-state index < -0.39 is 5.82 Å². The molecule has 0 radical (unpaired) electrons. The van der Waals surface area contributed by atoms with Gasteiger partial charge in [-0.2, -0.15) is 0 Å². The summed E-state index contributed by atoms with van der Waals surface area (Å²) in [5.41, 5.74) is 2.64. The van der Waals surface area contributed by atoms with Crippen molar-refractivity contribution in [2.24, 2.45) is 0 Å². The van der Waals surface area contributed by atoms with Crippen molar-refractivity contribution in [1.29, 1.82) is 0 Å². The highest BCUT2D eigenvalue weighted by molar-refractivity contribution is 6.31. The molecule has 132 valence electrons. The molecule has 1 heterocycles. The number of carbonyl (C=O) groups excluding carboxylic acids is 1. The molecule has 1 N–H and O–H groups in total. The molecule has 3 rings (SSSR count). The van der Waals surface area contributed by atoms with Crippen LogP contribution in [-0.2, 0) is 0 Å². The van der Waals surface area contributed by atoms with E-state index in [1.54, 1.807) is 12.3 Å². The molecule has 1 amide bonds. The summed E-state index contributed by atoms with van der Waals surface area (Å²) in [6.45, 7) is 2.75. The van der Waals surface area contributed by atoms with Crippen LogP contribution in [-0.4, -0.2) is 17.4 Å². The van der Waals surface area contributed by atoms with E-state index in [1.165, 1.54) is 24.4 Å². The second kappa shape index (κ2) is 7.97. The van der Waals surface area contributed by atoms with E-state index >= 15 is 0 Å². The molecule has 1 aromatic heterocycles. The summed E-state index contributed by atoms with van der Waals surface area (Å²) in [5, 5.41) is 2.66. The Hall–Kier alpha value is -2.92. The Morgan fingerprint density at radius 2 is 1.88 bits per heavy atom. The summed E-state index contributed by atoms with van der Waals surface area (Å²) in [7, 11) is 0. The molecule has 26 heavy (non-hydrogen) atoms. The van der Waals surface area contributed by atoms with Crippen LogP contribution in [0.4, 0.5) is 21.5 Å². The molecule has 0 saturated heterocycles. The Bertz CT molecular complexity index is 918. The van der Waals surface area contributed by atoms with Crippen LogP contribution in [0.25, 0.3) is 0 Å². The van der Waals surface area contributed by atoms with E-state index in [1.807, 2.05) is 37.3 Å². The Balaban J connectivity index is 1.84. The fraction of sp³-hybridized carbons (Fsp3) is 0.100. The van der Waals surface area contributed by atoms with Gasteiger partial charge < -0.3 is 10.2 Å². The smallest absolute Gasteiger partial charge is 0.257 e. The minimum atomic E-state index is -0.533. The van der Waals surface area contributed by atoms with Gasteiger partial charge in [0.2, 0.25) is 0 Å². The summed E-state index contributed by atoms with van der Waals surface area (Å²) < 4.78 is 13.2. The van der Waals surface area contributed by atoms with Crippen LogP contribution in [0, 0.1) is 5.82 Å². The summed E-state index contributed by atoms with van der Waals surface area (Å²) in [4.78, 5) is 18.7. The minimum absolute atomic E-state index is 0.0455. The predicted octanol–water partition coefficient (Wildman–Crippen LogP) is 5.28. The van der Waals surface area contributed by atoms with E-state index in [9.17, 15) is 9.18 Å². The number of hydrogen-bond donors (Lipinski definition) is 1. The Labute approximate surface area is 156 Å². The van der Waals surface area contributed by atoms with Gasteiger partial charge in [0.15, 0.2) is 0 Å². The number of halogens is 2. The van der Waals surface area contributed by atoms with Crippen molar-refractivity contribution in [2.75, 3.05) is 16.8 Å². The van der Waals surface area contributed by atoms with Gasteiger partial charge >= 0.3 is 0 Å². The molecule has 4 nitrogen and oxygen atoms in total. The fourth-order valence-electron chi connectivity index (χ4n) is 2.60. The van der Waals surface area contributed by atoms with Gasteiger partial charge in [0, 0.05) is 24.1 Å². The van der Waals surface area contributed by atoms with Crippen molar-refractivity contribution < 1.29 is 9.18 Å². The molecular weight excluding hydrogens is 353 g/mol. The third-order valence-corrected chi connectivity index (χ3v) is 4.15. The standard InChI is InChI=1S/C20H17ClFN3O/c1-2-25(16-6-4-3-5-7-16)17-10-14(12-23-13-17)20(26)24-15-8-9-19(22)18(21)11-15/h3-13H,2H2,1H3,(H,24,26). The zero-order valence-electron chi connectivity index (χ0n) is 14.1. The van der Waals surface area contributed by atoms with Crippen molar-refractivity contribution in [2.45, 2.75) is 6.92 Å². The molecule has 0 unspecified atom stereocenters. The van der Waals surface area contributed by atoms with E-state index in [2.05, 4.69) is 15.2 Å². The van der Waals surface area contributed by atoms with Crippen LogP contribution >= 0.6 is 11.6 Å². The van der Waals surface area contributed by atoms with Gasteiger partial charge in [-0.05, 0) is 43.3 Å². The van der Waals surface area contributed by atoms with Crippen LogP contribution in [0.15, 0.2) is 67.0 Å². The predicted molar refractivity (Wildman–Crippen MR) is 103 cm³/mol. The maximum Gasteiger partial charge on any atom is 0.257 e. The van der Waals surface area contributed by atoms with E-state index in [4.69, 9.17) is 11.6 Å². The molecule has 2 aromatic carbocycles. The van der Waals surface area contributed by atoms with Gasteiger partial charge in [0.1, 0.15) is 5.82 Å². The number of nitrogens with one attached hydrogen (secondary N) is 1. The van der Waals surface area contributed by atoms with Crippen molar-refractivity contribution in [3.05, 3.63) is 83.4 Å². The summed E-state index contributed by atoms with van der Waals surface area (Å²) in [6.07, 6.45) is 3.20. The molecule has 0 fully saturated rings. The van der Waals surface area contributed by atoms with E-state index in [0.29, 0.717) is 11.3 Å².